The summed E-state index contributed by atoms with van der Waals surface area (Å²) >= 11 is 0. The van der Waals surface area contributed by atoms with E-state index in [4.69, 9.17) is 0 Å². The number of hydrogen-bond donors (Lipinski definition) is 2. The SMILES string of the molecule is C=CCC(C(=O)[O-])(C(C)P(=O)(O)O)[N+](C)(C)C. The van der Waals surface area contributed by atoms with Gasteiger partial charge in [-0.2, -0.15) is 0 Å². The fourth-order valence-corrected chi connectivity index (χ4v) is 3.14. The van der Waals surface area contributed by atoms with Crippen molar-refractivity contribution < 1.29 is 28.7 Å². The second kappa shape index (κ2) is 4.90. The third-order valence-corrected chi connectivity index (χ3v) is 4.64. The van der Waals surface area contributed by atoms with Gasteiger partial charge >= 0.3 is 7.60 Å². The lowest BCUT2D eigenvalue weighted by Crippen LogP contribution is -2.70. The molecule has 2 unspecified atom stereocenters. The molecule has 0 amide bonds. The molecule has 100 valence electrons. The van der Waals surface area contributed by atoms with Crippen molar-refractivity contribution in [3.05, 3.63) is 12.7 Å². The summed E-state index contributed by atoms with van der Waals surface area (Å²) in [5, 5.41) is 11.4. The third kappa shape index (κ3) is 2.96. The predicted molar refractivity (Wildman–Crippen MR) is 62.1 cm³/mol. The average Bonchev–Trinajstić information content (AvgIpc) is 2.08. The van der Waals surface area contributed by atoms with Crippen molar-refractivity contribution >= 4 is 13.6 Å². The highest BCUT2D eigenvalue weighted by Crippen LogP contribution is 2.50. The van der Waals surface area contributed by atoms with Gasteiger partial charge in [0, 0.05) is 6.42 Å². The highest BCUT2D eigenvalue weighted by atomic mass is 31.2. The summed E-state index contributed by atoms with van der Waals surface area (Å²) in [6.45, 7) is 4.68. The van der Waals surface area contributed by atoms with E-state index in [2.05, 4.69) is 6.58 Å². The molecule has 0 rings (SSSR count). The van der Waals surface area contributed by atoms with Crippen LogP contribution in [-0.2, 0) is 9.36 Å². The van der Waals surface area contributed by atoms with Crippen molar-refractivity contribution in [3.63, 3.8) is 0 Å². The Balaban J connectivity index is 5.91. The van der Waals surface area contributed by atoms with Crippen molar-refractivity contribution in [2.24, 2.45) is 0 Å². The van der Waals surface area contributed by atoms with Crippen LogP contribution in [0.25, 0.3) is 0 Å². The molecule has 0 aliphatic heterocycles. The van der Waals surface area contributed by atoms with Crippen LogP contribution in [0.15, 0.2) is 12.7 Å². The first-order valence-electron chi connectivity index (χ1n) is 5.10. The van der Waals surface area contributed by atoms with Gasteiger partial charge in [-0.15, -0.1) is 6.58 Å². The molecule has 0 fully saturated rings. The van der Waals surface area contributed by atoms with Gasteiger partial charge < -0.3 is 24.2 Å². The lowest BCUT2D eigenvalue weighted by Gasteiger charge is -2.49. The molecule has 0 bridgehead atoms. The molecule has 0 aliphatic rings. The summed E-state index contributed by atoms with van der Waals surface area (Å²) < 4.78 is 11.2. The zero-order valence-corrected chi connectivity index (χ0v) is 11.5. The molecule has 0 aromatic heterocycles. The van der Waals surface area contributed by atoms with E-state index in [-0.39, 0.29) is 10.9 Å². The van der Waals surface area contributed by atoms with Gasteiger partial charge in [-0.1, -0.05) is 6.08 Å². The number of quaternary nitrogens is 1. The maximum absolute atomic E-state index is 11.4. The first-order valence-corrected chi connectivity index (χ1v) is 6.78. The number of hydrogen-bond acceptors (Lipinski definition) is 3. The molecule has 0 aliphatic carbocycles. The van der Waals surface area contributed by atoms with Crippen LogP contribution in [0.3, 0.4) is 0 Å². The first kappa shape index (κ1) is 16.3. The summed E-state index contributed by atoms with van der Waals surface area (Å²) in [5.74, 6) is -1.49. The van der Waals surface area contributed by atoms with Crippen molar-refractivity contribution in [3.8, 4) is 0 Å². The van der Waals surface area contributed by atoms with Crippen molar-refractivity contribution in [2.75, 3.05) is 21.1 Å². The summed E-state index contributed by atoms with van der Waals surface area (Å²) in [6, 6.07) is 0. The summed E-state index contributed by atoms with van der Waals surface area (Å²) in [5.41, 5.74) is -3.07. The van der Waals surface area contributed by atoms with Gasteiger partial charge in [0.25, 0.3) is 0 Å². The Morgan fingerprint density at radius 3 is 2.12 bits per heavy atom. The van der Waals surface area contributed by atoms with Crippen LogP contribution in [0.1, 0.15) is 13.3 Å². The molecule has 0 saturated carbocycles. The Bertz CT molecular complexity index is 356. The monoisotopic (exact) mass is 265 g/mol. The lowest BCUT2D eigenvalue weighted by molar-refractivity contribution is -0.915. The number of carboxylic acids is 1. The Labute approximate surface area is 101 Å². The van der Waals surface area contributed by atoms with Gasteiger partial charge in [-0.25, -0.2) is 0 Å². The number of aliphatic carboxylic acids is 1. The molecule has 0 aromatic rings. The largest absolute Gasteiger partial charge is 0.544 e. The molecule has 7 heteroatoms. The molecule has 6 nitrogen and oxygen atoms in total. The van der Waals surface area contributed by atoms with Crippen molar-refractivity contribution in [1.82, 2.24) is 0 Å². The molecular formula is C10H20NO5P. The van der Waals surface area contributed by atoms with Gasteiger partial charge in [0.05, 0.1) is 21.1 Å². The maximum Gasteiger partial charge on any atom is 0.335 e. The topological polar surface area (TPSA) is 97.7 Å². The summed E-state index contributed by atoms with van der Waals surface area (Å²) in [4.78, 5) is 29.9. The van der Waals surface area contributed by atoms with Crippen LogP contribution >= 0.6 is 7.60 Å². The molecule has 0 spiro atoms. The van der Waals surface area contributed by atoms with Crippen LogP contribution in [0.4, 0.5) is 0 Å². The Morgan fingerprint density at radius 2 is 1.94 bits per heavy atom. The summed E-state index contributed by atoms with van der Waals surface area (Å²) in [7, 11) is 0.140. The van der Waals surface area contributed by atoms with Gasteiger partial charge in [0.2, 0.25) is 0 Å². The lowest BCUT2D eigenvalue weighted by atomic mass is 9.88. The number of carbonyl (C=O) groups excluding carboxylic acids is 1. The number of carbonyl (C=O) groups is 1. The van der Waals surface area contributed by atoms with Crippen LogP contribution < -0.4 is 5.11 Å². The van der Waals surface area contributed by atoms with Gasteiger partial charge in [-0.3, -0.25) is 4.57 Å². The highest BCUT2D eigenvalue weighted by Gasteiger charge is 2.55. The van der Waals surface area contributed by atoms with E-state index in [9.17, 15) is 24.3 Å². The van der Waals surface area contributed by atoms with Crippen LogP contribution in [0.2, 0.25) is 0 Å². The van der Waals surface area contributed by atoms with Crippen LogP contribution in [-0.4, -0.2) is 52.6 Å². The minimum Gasteiger partial charge on any atom is -0.544 e. The predicted octanol–water partition coefficient (Wildman–Crippen LogP) is -0.676. The zero-order chi connectivity index (χ0) is 14.1. The zero-order valence-electron chi connectivity index (χ0n) is 10.6. The average molecular weight is 265 g/mol. The second-order valence-electron chi connectivity index (χ2n) is 4.98. The van der Waals surface area contributed by atoms with E-state index >= 15 is 0 Å². The van der Waals surface area contributed by atoms with E-state index in [0.717, 1.165) is 0 Å². The molecule has 17 heavy (non-hydrogen) atoms. The molecule has 0 heterocycles. The van der Waals surface area contributed by atoms with Gasteiger partial charge in [-0.05, 0) is 6.92 Å². The van der Waals surface area contributed by atoms with E-state index in [1.54, 1.807) is 21.1 Å². The Morgan fingerprint density at radius 1 is 1.53 bits per heavy atom. The number of carboxylic acid groups (broad SMARTS) is 1. The maximum atomic E-state index is 11.4. The second-order valence-corrected chi connectivity index (χ2v) is 6.93. The molecule has 2 atom stereocenters. The fraction of sp³-hybridized carbons (Fsp3) is 0.700. The highest BCUT2D eigenvalue weighted by molar-refractivity contribution is 7.52. The van der Waals surface area contributed by atoms with Crippen molar-refractivity contribution in [2.45, 2.75) is 24.5 Å². The van der Waals surface area contributed by atoms with Gasteiger partial charge in [0.1, 0.15) is 11.6 Å². The van der Waals surface area contributed by atoms with Crippen LogP contribution in [0, 0.1) is 0 Å². The number of likely N-dealkylation sites (N-methyl/N-ethyl adjacent to an activating group) is 1. The number of rotatable bonds is 6. The van der Waals surface area contributed by atoms with E-state index in [1.807, 2.05) is 0 Å². The Kier molecular flexibility index (Phi) is 4.70. The van der Waals surface area contributed by atoms with Crippen LogP contribution in [0.5, 0.6) is 0 Å². The minimum atomic E-state index is -4.54. The van der Waals surface area contributed by atoms with E-state index in [0.29, 0.717) is 0 Å². The quantitative estimate of drug-likeness (QED) is 0.377. The summed E-state index contributed by atoms with van der Waals surface area (Å²) in [6.07, 6.45) is 1.26. The molecule has 2 N–H and O–H groups in total. The smallest absolute Gasteiger partial charge is 0.335 e. The molecule has 0 radical (unpaired) electrons. The van der Waals surface area contributed by atoms with E-state index in [1.165, 1.54) is 13.0 Å². The number of nitrogens with zero attached hydrogens (tertiary/aromatic N) is 1. The normalized spacial score (nSPS) is 18.2. The van der Waals surface area contributed by atoms with Crippen molar-refractivity contribution in [1.29, 1.82) is 0 Å². The minimum absolute atomic E-state index is 0.0783. The third-order valence-electron chi connectivity index (χ3n) is 3.20. The molecule has 0 saturated heterocycles. The van der Waals surface area contributed by atoms with Gasteiger partial charge in [0.15, 0.2) is 5.54 Å². The fourth-order valence-electron chi connectivity index (χ4n) is 2.03. The standard InChI is InChI=1S/C10H20NO5P/c1-6-7-10(9(12)13,11(3,4)5)8(2)17(14,15)16/h6,8H,1,7H2,2-5H3,(H2-,12,13,14,15,16). The Hall–Kier alpha value is -0.680. The molecular weight excluding hydrogens is 245 g/mol. The first-order chi connectivity index (χ1) is 7.41. The molecule has 0 aromatic carbocycles. The van der Waals surface area contributed by atoms with E-state index < -0.39 is 24.8 Å².